The Bertz CT molecular complexity index is 1450. The van der Waals surface area contributed by atoms with Gasteiger partial charge in [0.15, 0.2) is 17.2 Å². The number of fused-ring (bicyclic) bond motifs is 3. The van der Waals surface area contributed by atoms with Crippen LogP contribution < -0.4 is 14.4 Å². The number of anilines is 1. The van der Waals surface area contributed by atoms with Crippen molar-refractivity contribution in [2.75, 3.05) is 18.1 Å². The van der Waals surface area contributed by atoms with Crippen molar-refractivity contribution >= 4 is 17.6 Å². The Morgan fingerprint density at radius 2 is 2.06 bits per heavy atom. The summed E-state index contributed by atoms with van der Waals surface area (Å²) in [7, 11) is 1.73. The van der Waals surface area contributed by atoms with Crippen molar-refractivity contribution in [2.45, 2.75) is 18.6 Å². The number of carboxylic acid groups (broad SMARTS) is 1. The molecular formula is C22H19FN6O5. The van der Waals surface area contributed by atoms with Gasteiger partial charge in [-0.1, -0.05) is 0 Å². The molecule has 1 unspecified atom stereocenters. The van der Waals surface area contributed by atoms with Crippen molar-refractivity contribution in [3.8, 4) is 11.5 Å². The van der Waals surface area contributed by atoms with E-state index in [9.17, 15) is 19.4 Å². The van der Waals surface area contributed by atoms with E-state index in [4.69, 9.17) is 9.47 Å². The maximum absolute atomic E-state index is 14.9. The average Bonchev–Trinajstić information content (AvgIpc) is 3.55. The Balaban J connectivity index is 1.56. The van der Waals surface area contributed by atoms with Crippen LogP contribution in [0.2, 0.25) is 0 Å². The van der Waals surface area contributed by atoms with Crippen molar-refractivity contribution in [2.24, 2.45) is 7.05 Å². The van der Waals surface area contributed by atoms with Gasteiger partial charge in [-0.05, 0) is 18.2 Å². The van der Waals surface area contributed by atoms with Gasteiger partial charge in [-0.2, -0.15) is 5.10 Å². The summed E-state index contributed by atoms with van der Waals surface area (Å²) < 4.78 is 29.8. The van der Waals surface area contributed by atoms with E-state index in [1.165, 1.54) is 23.0 Å². The number of ether oxygens (including phenoxy) is 2. The summed E-state index contributed by atoms with van der Waals surface area (Å²) >= 11 is 0. The highest BCUT2D eigenvalue weighted by Crippen LogP contribution is 2.43. The second kappa shape index (κ2) is 7.42. The molecule has 0 fully saturated rings. The molecule has 12 heteroatoms. The van der Waals surface area contributed by atoms with Gasteiger partial charge in [-0.25, -0.2) is 9.18 Å². The molecule has 2 aliphatic rings. The first-order chi connectivity index (χ1) is 16.4. The summed E-state index contributed by atoms with van der Waals surface area (Å²) in [5.74, 6) is 0.0171. The third-order valence-corrected chi connectivity index (χ3v) is 6.23. The molecule has 0 spiro atoms. The van der Waals surface area contributed by atoms with E-state index in [2.05, 4.69) is 15.3 Å². The summed E-state index contributed by atoms with van der Waals surface area (Å²) in [6.07, 6.45) is 2.11. The summed E-state index contributed by atoms with van der Waals surface area (Å²) in [6, 6.07) is 4.37. The SMILES string of the molecule is Cn1cc(C(O)c2cc3c(n4cnnc24)N(C(=O)O)Cc2c(F)ccc4c2[C@@H](CO4)CO3)cn1. The van der Waals surface area contributed by atoms with Crippen molar-refractivity contribution in [3.05, 3.63) is 65.0 Å². The van der Waals surface area contributed by atoms with Gasteiger partial charge in [0.25, 0.3) is 0 Å². The third kappa shape index (κ3) is 2.99. The van der Waals surface area contributed by atoms with Crippen molar-refractivity contribution < 1.29 is 28.9 Å². The molecule has 0 aliphatic carbocycles. The maximum Gasteiger partial charge on any atom is 0.413 e. The zero-order valence-corrected chi connectivity index (χ0v) is 17.9. The fourth-order valence-corrected chi connectivity index (χ4v) is 4.64. The minimum absolute atomic E-state index is 0.118. The van der Waals surface area contributed by atoms with Gasteiger partial charge in [-0.3, -0.25) is 14.0 Å². The number of nitrogens with zero attached hydrogens (tertiary/aromatic N) is 6. The highest BCUT2D eigenvalue weighted by Gasteiger charge is 2.36. The van der Waals surface area contributed by atoms with Crippen LogP contribution in [0.4, 0.5) is 15.0 Å². The summed E-state index contributed by atoms with van der Waals surface area (Å²) in [4.78, 5) is 13.4. The zero-order valence-electron chi connectivity index (χ0n) is 17.9. The van der Waals surface area contributed by atoms with Gasteiger partial charge < -0.3 is 19.7 Å². The van der Waals surface area contributed by atoms with E-state index in [1.54, 1.807) is 30.1 Å². The third-order valence-electron chi connectivity index (χ3n) is 6.23. The van der Waals surface area contributed by atoms with Gasteiger partial charge in [-0.15, -0.1) is 10.2 Å². The number of aromatic nitrogens is 5. The van der Waals surface area contributed by atoms with Crippen LogP contribution in [0.5, 0.6) is 11.5 Å². The minimum atomic E-state index is -1.31. The fourth-order valence-electron chi connectivity index (χ4n) is 4.64. The summed E-state index contributed by atoms with van der Waals surface area (Å²) in [5.41, 5.74) is 1.97. The van der Waals surface area contributed by atoms with E-state index in [-0.39, 0.29) is 48.5 Å². The first-order valence-electron chi connectivity index (χ1n) is 10.5. The fraction of sp³-hybridized carbons (Fsp3) is 0.273. The average molecular weight is 466 g/mol. The predicted octanol–water partition coefficient (Wildman–Crippen LogP) is 2.24. The number of aliphatic hydroxyl groups is 1. The molecule has 2 atom stereocenters. The number of carbonyl (C=O) groups is 1. The summed E-state index contributed by atoms with van der Waals surface area (Å²) in [6.45, 7) is 0.145. The van der Waals surface area contributed by atoms with Gasteiger partial charge >= 0.3 is 6.09 Å². The number of aliphatic hydroxyl groups excluding tert-OH is 1. The van der Waals surface area contributed by atoms with Crippen LogP contribution in [0.3, 0.4) is 0 Å². The molecule has 11 nitrogen and oxygen atoms in total. The van der Waals surface area contributed by atoms with Crippen LogP contribution in [-0.2, 0) is 13.6 Å². The Morgan fingerprint density at radius 1 is 1.26 bits per heavy atom. The number of pyridine rings is 1. The predicted molar refractivity (Wildman–Crippen MR) is 115 cm³/mol. The lowest BCUT2D eigenvalue weighted by Gasteiger charge is -2.24. The van der Waals surface area contributed by atoms with Crippen molar-refractivity contribution in [1.82, 2.24) is 24.4 Å². The lowest BCUT2D eigenvalue weighted by molar-refractivity contribution is 0.200. The molecule has 2 aliphatic heterocycles. The monoisotopic (exact) mass is 466 g/mol. The van der Waals surface area contributed by atoms with E-state index >= 15 is 0 Å². The van der Waals surface area contributed by atoms with Crippen LogP contribution in [0.15, 0.2) is 36.9 Å². The molecule has 6 rings (SSSR count). The number of hydrogen-bond donors (Lipinski definition) is 2. The quantitative estimate of drug-likeness (QED) is 0.461. The topological polar surface area (TPSA) is 127 Å². The molecular weight excluding hydrogens is 447 g/mol. The number of aryl methyl sites for hydroxylation is 1. The van der Waals surface area contributed by atoms with Crippen LogP contribution in [0.25, 0.3) is 5.65 Å². The molecule has 0 saturated carbocycles. The van der Waals surface area contributed by atoms with Crippen molar-refractivity contribution in [1.29, 1.82) is 0 Å². The lowest BCUT2D eigenvalue weighted by atomic mass is 9.95. The zero-order chi connectivity index (χ0) is 23.6. The number of halogens is 1. The lowest BCUT2D eigenvalue weighted by Crippen LogP contribution is -2.31. The number of benzene rings is 1. The molecule has 0 radical (unpaired) electrons. The van der Waals surface area contributed by atoms with Crippen LogP contribution in [0, 0.1) is 5.82 Å². The molecule has 2 N–H and O–H groups in total. The van der Waals surface area contributed by atoms with Crippen LogP contribution in [-0.4, -0.2) is 53.9 Å². The Labute approximate surface area is 191 Å². The molecule has 174 valence electrons. The molecule has 4 aromatic rings. The normalized spacial score (nSPS) is 17.7. The highest BCUT2D eigenvalue weighted by atomic mass is 19.1. The molecule has 0 bridgehead atoms. The second-order valence-electron chi connectivity index (χ2n) is 8.29. The van der Waals surface area contributed by atoms with Crippen LogP contribution >= 0.6 is 0 Å². The second-order valence-corrected chi connectivity index (χ2v) is 8.29. The van der Waals surface area contributed by atoms with E-state index in [0.717, 1.165) is 4.90 Å². The molecule has 34 heavy (non-hydrogen) atoms. The molecule has 0 saturated heterocycles. The Kier molecular flexibility index (Phi) is 4.45. The maximum atomic E-state index is 14.9. The molecule has 3 aromatic heterocycles. The molecule has 5 heterocycles. The highest BCUT2D eigenvalue weighted by molar-refractivity contribution is 5.88. The number of rotatable bonds is 2. The van der Waals surface area contributed by atoms with Gasteiger partial charge in [0.05, 0.1) is 31.9 Å². The first kappa shape index (κ1) is 20.4. The van der Waals surface area contributed by atoms with E-state index in [1.807, 2.05) is 0 Å². The van der Waals surface area contributed by atoms with E-state index in [0.29, 0.717) is 22.4 Å². The largest absolute Gasteiger partial charge is 0.493 e. The van der Waals surface area contributed by atoms with Gasteiger partial charge in [0, 0.05) is 35.5 Å². The van der Waals surface area contributed by atoms with Gasteiger partial charge in [0.1, 0.15) is 24.0 Å². The Hall–Kier alpha value is -4.19. The van der Waals surface area contributed by atoms with Crippen LogP contribution in [0.1, 0.15) is 34.3 Å². The van der Waals surface area contributed by atoms with E-state index < -0.39 is 18.0 Å². The number of hydrogen-bond acceptors (Lipinski definition) is 7. The smallest absolute Gasteiger partial charge is 0.413 e. The number of amides is 1. The molecule has 1 amide bonds. The standard InChI is InChI=1S/C22H19FN6O5/c1-27-6-11(5-25-27)19(30)13-4-17-21(29-10-24-26-20(13)29)28(22(31)32)7-14-15(23)2-3-16-18(14)12(8-33-16)9-34-17/h2-6,10,12,19,30H,7-9H2,1H3,(H,31,32)/t12-,19?/m0/s1. The first-order valence-corrected chi connectivity index (χ1v) is 10.5. The Morgan fingerprint density at radius 3 is 2.79 bits per heavy atom. The molecule has 1 aromatic carbocycles. The van der Waals surface area contributed by atoms with Gasteiger partial charge in [0.2, 0.25) is 0 Å². The summed E-state index contributed by atoms with van der Waals surface area (Å²) in [5, 5.41) is 33.3. The van der Waals surface area contributed by atoms with Crippen molar-refractivity contribution in [3.63, 3.8) is 0 Å². The minimum Gasteiger partial charge on any atom is -0.493 e.